The Morgan fingerprint density at radius 3 is 1.17 bits per heavy atom. The van der Waals surface area contributed by atoms with Gasteiger partial charge in [-0.2, -0.15) is 17.6 Å². The maximum absolute atomic E-state index is 14.9. The van der Waals surface area contributed by atoms with Crippen LogP contribution in [0.1, 0.15) is 0 Å². The van der Waals surface area contributed by atoms with E-state index in [1.807, 2.05) is 24.3 Å². The van der Waals surface area contributed by atoms with Gasteiger partial charge in [0.25, 0.3) is 23.0 Å². The van der Waals surface area contributed by atoms with E-state index in [2.05, 4.69) is 19.9 Å². The Morgan fingerprint density at radius 1 is 0.457 bits per heavy atom. The molecule has 0 N–H and O–H groups in total. The fourth-order valence-corrected chi connectivity index (χ4v) is 7.64. The van der Waals surface area contributed by atoms with Crippen molar-refractivity contribution in [2.45, 2.75) is 0 Å². The molecule has 0 fully saturated rings. The lowest BCUT2D eigenvalue weighted by Gasteiger charge is -2.18. The highest BCUT2D eigenvalue weighted by Crippen LogP contribution is 2.45. The van der Waals surface area contributed by atoms with Crippen LogP contribution in [0, 0.1) is 23.5 Å². The minimum Gasteiger partial charge on any atom is -0.268 e. The van der Waals surface area contributed by atoms with Crippen LogP contribution in [-0.4, -0.2) is 28.7 Å². The van der Waals surface area contributed by atoms with Crippen molar-refractivity contribution in [2.24, 2.45) is 0 Å². The van der Waals surface area contributed by atoms with E-state index in [-0.39, 0.29) is 33.4 Å². The summed E-state index contributed by atoms with van der Waals surface area (Å²) in [6, 6.07) is 14.3. The van der Waals surface area contributed by atoms with Crippen molar-refractivity contribution >= 4 is 98.0 Å². The lowest BCUT2D eigenvalue weighted by molar-refractivity contribution is 0.485. The van der Waals surface area contributed by atoms with E-state index in [1.165, 1.54) is 0 Å². The Labute approximate surface area is 249 Å². The molecule has 46 heavy (non-hydrogen) atoms. The summed E-state index contributed by atoms with van der Waals surface area (Å²) in [6.07, 6.45) is 2.20. The van der Waals surface area contributed by atoms with Gasteiger partial charge in [0, 0.05) is 32.3 Å². The van der Waals surface area contributed by atoms with Crippen LogP contribution in [0.4, 0.5) is 17.6 Å². The van der Waals surface area contributed by atoms with Crippen molar-refractivity contribution in [3.8, 4) is 0 Å². The normalized spacial score (nSPS) is 13.0. The van der Waals surface area contributed by atoms with Crippen LogP contribution < -0.4 is 11.1 Å². The molecule has 0 atom stereocenters. The molecule has 0 unspecified atom stereocenters. The molecule has 0 aliphatic carbocycles. The quantitative estimate of drug-likeness (QED) is 0.0833. The second-order valence-corrected chi connectivity index (χ2v) is 11.5. The number of rotatable bonds is 0. The molecule has 8 nitrogen and oxygen atoms in total. The van der Waals surface area contributed by atoms with Crippen LogP contribution in [0.15, 0.2) is 70.5 Å². The van der Waals surface area contributed by atoms with E-state index in [1.54, 1.807) is 24.3 Å². The first-order valence-corrected chi connectivity index (χ1v) is 14.1. The van der Waals surface area contributed by atoms with Crippen LogP contribution in [0.3, 0.4) is 0 Å². The molecule has 6 heterocycles. The van der Waals surface area contributed by atoms with Crippen molar-refractivity contribution in [1.82, 2.24) is 28.7 Å². The fourth-order valence-electron chi connectivity index (χ4n) is 7.64. The zero-order valence-electron chi connectivity index (χ0n) is 22.8. The van der Waals surface area contributed by atoms with Gasteiger partial charge in [0.15, 0.2) is 0 Å². The molecule has 0 bridgehead atoms. The molecule has 216 valence electrons. The topological polar surface area (TPSA) is 94.5 Å². The highest BCUT2D eigenvalue weighted by Gasteiger charge is 2.26. The smallest absolute Gasteiger partial charge is 0.264 e. The number of hydrogen-bond donors (Lipinski definition) is 0. The molecule has 0 saturated carbocycles. The van der Waals surface area contributed by atoms with E-state index in [0.717, 1.165) is 53.5 Å². The predicted octanol–water partition coefficient (Wildman–Crippen LogP) is 6.59. The second-order valence-electron chi connectivity index (χ2n) is 11.5. The van der Waals surface area contributed by atoms with Gasteiger partial charge in [-0.05, 0) is 56.6 Å². The summed E-state index contributed by atoms with van der Waals surface area (Å²) in [5, 5.41) is 7.76. The van der Waals surface area contributed by atoms with Gasteiger partial charge >= 0.3 is 0 Å². The summed E-state index contributed by atoms with van der Waals surface area (Å²) >= 11 is 0. The standard InChI is InChI=1S/C34H10F4N6O2/c35-25-27-19(9-39-29(25)37)41-31-15-5-1-11-12-2-6-16-24-18(34(46)44-28-20(42-32(16)44)10-40-30(38)26(28)36)8-4-14(22(12)24)13-3-7-17(23(15)21(11)13)33(45)43(27)31/h1-10H. The number of benzene rings is 5. The van der Waals surface area contributed by atoms with Gasteiger partial charge in [0.05, 0.1) is 12.4 Å². The minimum atomic E-state index is -1.32. The maximum atomic E-state index is 14.9. The molecule has 0 aliphatic heterocycles. The van der Waals surface area contributed by atoms with Crippen molar-refractivity contribution in [3.63, 3.8) is 0 Å². The highest BCUT2D eigenvalue weighted by atomic mass is 19.2. The summed E-state index contributed by atoms with van der Waals surface area (Å²) in [5.74, 6) is -5.14. The molecule has 0 saturated heterocycles. The SMILES string of the molecule is O=c1c2ccc3c4ccc5c(=O)n6c(nc7cnc(F)c(F)c76)c6ccc(c7ccc(c2c37)c2nc3cnc(F)c(F)c3n12)c4c56. The average Bonchev–Trinajstić information content (AvgIpc) is 3.66. The Morgan fingerprint density at radius 2 is 0.783 bits per heavy atom. The van der Waals surface area contributed by atoms with Gasteiger partial charge < -0.3 is 0 Å². The Hall–Kier alpha value is -6.30. The van der Waals surface area contributed by atoms with E-state index in [0.29, 0.717) is 32.3 Å². The molecule has 12 heteroatoms. The summed E-state index contributed by atoms with van der Waals surface area (Å²) in [6.45, 7) is 0. The summed E-state index contributed by atoms with van der Waals surface area (Å²) in [7, 11) is 0. The first kappa shape index (κ1) is 24.1. The molecule has 0 amide bonds. The van der Waals surface area contributed by atoms with E-state index < -0.39 is 34.6 Å². The van der Waals surface area contributed by atoms with Crippen LogP contribution in [0.5, 0.6) is 0 Å². The number of aromatic nitrogens is 6. The average molecular weight is 610 g/mol. The number of hydrogen-bond acceptors (Lipinski definition) is 6. The molecule has 11 rings (SSSR count). The van der Waals surface area contributed by atoms with Gasteiger partial charge in [-0.1, -0.05) is 24.3 Å². The molecule has 6 aromatic heterocycles. The number of imidazole rings is 2. The monoisotopic (exact) mass is 610 g/mol. The van der Waals surface area contributed by atoms with Crippen molar-refractivity contribution in [2.75, 3.05) is 0 Å². The Kier molecular flexibility index (Phi) is 3.92. The van der Waals surface area contributed by atoms with Crippen molar-refractivity contribution in [1.29, 1.82) is 0 Å². The highest BCUT2D eigenvalue weighted by molar-refractivity contribution is 6.40. The van der Waals surface area contributed by atoms with Crippen molar-refractivity contribution in [3.05, 3.63) is 105 Å². The first-order chi connectivity index (χ1) is 22.3. The second kappa shape index (κ2) is 7.49. The Balaban J connectivity index is 1.37. The zero-order chi connectivity index (χ0) is 30.9. The van der Waals surface area contributed by atoms with Crippen molar-refractivity contribution < 1.29 is 17.6 Å². The Bertz CT molecular complexity index is 3110. The molecule has 0 radical (unpaired) electrons. The summed E-state index contributed by atoms with van der Waals surface area (Å²) in [4.78, 5) is 43.7. The third-order valence-electron chi connectivity index (χ3n) is 9.44. The van der Waals surface area contributed by atoms with Crippen LogP contribution in [0.25, 0.3) is 98.0 Å². The van der Waals surface area contributed by atoms with E-state index in [4.69, 9.17) is 0 Å². The summed E-state index contributed by atoms with van der Waals surface area (Å²) in [5.41, 5.74) is -1.16. The third-order valence-corrected chi connectivity index (χ3v) is 9.44. The number of fused-ring (bicyclic) bond motifs is 10. The zero-order valence-corrected chi connectivity index (χ0v) is 22.8. The van der Waals surface area contributed by atoms with Crippen LogP contribution in [0.2, 0.25) is 0 Å². The fraction of sp³-hybridized carbons (Fsp3) is 0. The van der Waals surface area contributed by atoms with Gasteiger partial charge in [-0.15, -0.1) is 0 Å². The molecule has 11 aromatic rings. The number of pyridine rings is 4. The van der Waals surface area contributed by atoms with Gasteiger partial charge in [0.2, 0.25) is 11.6 Å². The summed E-state index contributed by atoms with van der Waals surface area (Å²) < 4.78 is 60.4. The third kappa shape index (κ3) is 2.46. The lowest BCUT2D eigenvalue weighted by atomic mass is 9.86. The number of nitrogens with zero attached hydrogens (tertiary/aromatic N) is 6. The van der Waals surface area contributed by atoms with Crippen LogP contribution >= 0.6 is 0 Å². The largest absolute Gasteiger partial charge is 0.268 e. The predicted molar refractivity (Wildman–Crippen MR) is 166 cm³/mol. The molecule has 0 aliphatic rings. The molecular weight excluding hydrogens is 600 g/mol. The maximum Gasteiger partial charge on any atom is 0.264 e. The van der Waals surface area contributed by atoms with E-state index in [9.17, 15) is 27.2 Å². The lowest BCUT2D eigenvalue weighted by Crippen LogP contribution is -2.15. The van der Waals surface area contributed by atoms with Gasteiger partial charge in [0.1, 0.15) is 33.4 Å². The number of halogens is 4. The molecular formula is C34H10F4N6O2. The molecule has 5 aromatic carbocycles. The van der Waals surface area contributed by atoms with Gasteiger partial charge in [-0.25, -0.2) is 19.9 Å². The van der Waals surface area contributed by atoms with Gasteiger partial charge in [-0.3, -0.25) is 18.4 Å². The van der Waals surface area contributed by atoms with Crippen LogP contribution in [-0.2, 0) is 0 Å². The van der Waals surface area contributed by atoms with E-state index >= 15 is 0 Å². The molecule has 0 spiro atoms. The first-order valence-electron chi connectivity index (χ1n) is 14.1. The minimum absolute atomic E-state index is 0.0540.